The van der Waals surface area contributed by atoms with Crippen molar-refractivity contribution in [3.63, 3.8) is 0 Å². The summed E-state index contributed by atoms with van der Waals surface area (Å²) in [6.45, 7) is 3.29. The lowest BCUT2D eigenvalue weighted by Crippen LogP contribution is -2.24. The van der Waals surface area contributed by atoms with Crippen molar-refractivity contribution >= 4 is 11.5 Å². The molecule has 0 spiro atoms. The van der Waals surface area contributed by atoms with Crippen molar-refractivity contribution in [2.45, 2.75) is 39.4 Å². The Morgan fingerprint density at radius 1 is 1.24 bits per heavy atom. The first-order chi connectivity index (χ1) is 13.8. The summed E-state index contributed by atoms with van der Waals surface area (Å²) in [5, 5.41) is 6.39. The number of amides is 1. The van der Waals surface area contributed by atoms with Crippen molar-refractivity contribution in [1.82, 2.24) is 15.5 Å². The van der Waals surface area contributed by atoms with Gasteiger partial charge in [0.15, 0.2) is 0 Å². The molecule has 1 aromatic heterocycles. The summed E-state index contributed by atoms with van der Waals surface area (Å²) in [6, 6.07) is 9.20. The fourth-order valence-corrected chi connectivity index (χ4v) is 2.47. The molecule has 1 N–H and O–H groups in total. The first-order valence-corrected chi connectivity index (χ1v) is 9.08. The zero-order valence-corrected chi connectivity index (χ0v) is 16.2. The molecule has 1 amide bonds. The molecule has 0 saturated carbocycles. The Morgan fingerprint density at radius 3 is 2.59 bits per heavy atom. The van der Waals surface area contributed by atoms with Crippen molar-refractivity contribution < 1.29 is 22.5 Å². The monoisotopic (exact) mass is 405 g/mol. The largest absolute Gasteiger partial charge is 0.416 e. The molecular formula is C21H22F3N3O2. The van der Waals surface area contributed by atoms with Gasteiger partial charge in [0.25, 0.3) is 0 Å². The van der Waals surface area contributed by atoms with Crippen molar-refractivity contribution in [3.05, 3.63) is 77.5 Å². The molecule has 0 bridgehead atoms. The van der Waals surface area contributed by atoms with Crippen LogP contribution in [0.25, 0.3) is 5.57 Å². The van der Waals surface area contributed by atoms with Gasteiger partial charge in [-0.2, -0.15) is 18.2 Å². The van der Waals surface area contributed by atoms with E-state index in [1.54, 1.807) is 19.9 Å². The van der Waals surface area contributed by atoms with Crippen LogP contribution in [0.4, 0.5) is 13.2 Å². The Kier molecular flexibility index (Phi) is 7.94. The van der Waals surface area contributed by atoms with E-state index in [4.69, 9.17) is 4.52 Å². The van der Waals surface area contributed by atoms with Crippen molar-refractivity contribution in [2.24, 2.45) is 0 Å². The van der Waals surface area contributed by atoms with Gasteiger partial charge in [-0.3, -0.25) is 4.79 Å². The highest BCUT2D eigenvalue weighted by atomic mass is 19.4. The highest BCUT2D eigenvalue weighted by molar-refractivity contribution is 5.78. The van der Waals surface area contributed by atoms with E-state index in [2.05, 4.69) is 15.5 Å². The predicted molar refractivity (Wildman–Crippen MR) is 104 cm³/mol. The third-order valence-corrected chi connectivity index (χ3v) is 3.78. The van der Waals surface area contributed by atoms with Crippen molar-refractivity contribution in [3.8, 4) is 0 Å². The summed E-state index contributed by atoms with van der Waals surface area (Å²) in [6.07, 6.45) is 1.07. The number of aromatic nitrogens is 2. The Labute approximate surface area is 167 Å². The van der Waals surface area contributed by atoms with Gasteiger partial charge < -0.3 is 9.84 Å². The lowest BCUT2D eigenvalue weighted by atomic mass is 10.1. The maximum atomic E-state index is 13.2. The molecule has 0 fully saturated rings. The van der Waals surface area contributed by atoms with Gasteiger partial charge in [-0.1, -0.05) is 60.6 Å². The smallest absolute Gasteiger partial charge is 0.347 e. The summed E-state index contributed by atoms with van der Waals surface area (Å²) >= 11 is 0. The number of allylic oxidation sites excluding steroid dienone is 6. The molecule has 29 heavy (non-hydrogen) atoms. The Hall–Kier alpha value is -3.16. The second kappa shape index (κ2) is 10.4. The van der Waals surface area contributed by atoms with Crippen LogP contribution in [0, 0.1) is 0 Å². The molecule has 8 heteroatoms. The van der Waals surface area contributed by atoms with Gasteiger partial charge in [-0.25, -0.2) is 0 Å². The van der Waals surface area contributed by atoms with E-state index in [9.17, 15) is 18.0 Å². The Morgan fingerprint density at radius 2 is 1.97 bits per heavy atom. The van der Waals surface area contributed by atoms with E-state index in [1.165, 1.54) is 6.08 Å². The summed E-state index contributed by atoms with van der Waals surface area (Å²) in [4.78, 5) is 16.1. The molecule has 2 rings (SSSR count). The normalized spacial score (nSPS) is 13.1. The van der Waals surface area contributed by atoms with Crippen LogP contribution in [0.2, 0.25) is 0 Å². The minimum Gasteiger partial charge on any atom is -0.347 e. The molecule has 1 aromatic carbocycles. The zero-order chi connectivity index (χ0) is 21.3. The minimum absolute atomic E-state index is 0.0152. The number of hydrogen-bond acceptors (Lipinski definition) is 4. The van der Waals surface area contributed by atoms with E-state index >= 15 is 0 Å². The first-order valence-electron chi connectivity index (χ1n) is 9.08. The van der Waals surface area contributed by atoms with Gasteiger partial charge in [-0.05, 0) is 25.0 Å². The van der Waals surface area contributed by atoms with Gasteiger partial charge in [0.05, 0.1) is 18.5 Å². The topological polar surface area (TPSA) is 68.0 Å². The highest BCUT2D eigenvalue weighted by Gasteiger charge is 2.32. The average molecular weight is 405 g/mol. The van der Waals surface area contributed by atoms with E-state index < -0.39 is 11.7 Å². The number of nitrogens with one attached hydrogen (secondary N) is 1. The van der Waals surface area contributed by atoms with E-state index in [1.807, 2.05) is 30.3 Å². The van der Waals surface area contributed by atoms with Gasteiger partial charge in [0.1, 0.15) is 0 Å². The van der Waals surface area contributed by atoms with Gasteiger partial charge in [0, 0.05) is 5.57 Å². The Balaban J connectivity index is 2.10. The minimum atomic E-state index is -4.49. The van der Waals surface area contributed by atoms with Crippen LogP contribution in [-0.2, 0) is 17.8 Å². The number of alkyl halides is 3. The summed E-state index contributed by atoms with van der Waals surface area (Å²) < 4.78 is 44.6. The first kappa shape index (κ1) is 22.1. The molecule has 0 radical (unpaired) electrons. The SMILES string of the molecule is C\C=C/C(=C\C(=C\CC)C(F)(F)F)c1noc(CNC(=O)Cc2ccccc2)n1. The molecule has 0 aliphatic carbocycles. The molecule has 0 aliphatic rings. The maximum absolute atomic E-state index is 13.2. The molecule has 5 nitrogen and oxygen atoms in total. The lowest BCUT2D eigenvalue weighted by Gasteiger charge is -2.08. The molecule has 0 aliphatic heterocycles. The van der Waals surface area contributed by atoms with E-state index in [0.717, 1.165) is 17.7 Å². The van der Waals surface area contributed by atoms with Crippen molar-refractivity contribution in [2.75, 3.05) is 0 Å². The van der Waals surface area contributed by atoms with Crippen molar-refractivity contribution in [1.29, 1.82) is 0 Å². The van der Waals surface area contributed by atoms with Gasteiger partial charge in [0.2, 0.25) is 17.6 Å². The average Bonchev–Trinajstić information content (AvgIpc) is 3.14. The third-order valence-electron chi connectivity index (χ3n) is 3.78. The number of hydrogen-bond donors (Lipinski definition) is 1. The van der Waals surface area contributed by atoms with E-state index in [0.29, 0.717) is 0 Å². The molecular weight excluding hydrogens is 383 g/mol. The predicted octanol–water partition coefficient (Wildman–Crippen LogP) is 4.79. The van der Waals surface area contributed by atoms with Crippen LogP contribution in [0.15, 0.2) is 64.7 Å². The Bertz CT molecular complexity index is 897. The van der Waals surface area contributed by atoms with Crippen LogP contribution in [0.3, 0.4) is 0 Å². The number of halogens is 3. The van der Waals surface area contributed by atoms with Gasteiger partial charge in [-0.15, -0.1) is 0 Å². The van der Waals surface area contributed by atoms with Crippen LogP contribution in [0.5, 0.6) is 0 Å². The van der Waals surface area contributed by atoms with Crippen LogP contribution in [-0.4, -0.2) is 22.2 Å². The number of benzene rings is 1. The van der Waals surface area contributed by atoms with Crippen LogP contribution in [0.1, 0.15) is 37.5 Å². The van der Waals surface area contributed by atoms with Crippen LogP contribution < -0.4 is 5.32 Å². The molecule has 0 saturated heterocycles. The number of nitrogens with zero attached hydrogens (tertiary/aromatic N) is 2. The summed E-state index contributed by atoms with van der Waals surface area (Å²) in [5.41, 5.74) is 0.239. The molecule has 1 heterocycles. The maximum Gasteiger partial charge on any atom is 0.416 e. The number of carbonyl (C=O) groups is 1. The van der Waals surface area contributed by atoms with Gasteiger partial charge >= 0.3 is 6.18 Å². The fraction of sp³-hybridized carbons (Fsp3) is 0.286. The van der Waals surface area contributed by atoms with E-state index in [-0.39, 0.29) is 42.6 Å². The second-order valence-corrected chi connectivity index (χ2v) is 6.12. The zero-order valence-electron chi connectivity index (χ0n) is 16.2. The molecule has 2 aromatic rings. The quantitative estimate of drug-likeness (QED) is 0.642. The third kappa shape index (κ3) is 7.06. The fourth-order valence-electron chi connectivity index (χ4n) is 2.47. The second-order valence-electron chi connectivity index (χ2n) is 6.12. The summed E-state index contributed by atoms with van der Waals surface area (Å²) in [7, 11) is 0. The number of carbonyl (C=O) groups excluding carboxylic acids is 1. The molecule has 154 valence electrons. The standard InChI is InChI=1S/C21H22F3N3O2/c1-3-8-16(13-17(9-4-2)21(22,23)24)20-26-19(29-27-20)14-25-18(28)12-15-10-6-5-7-11-15/h3,5-11,13H,4,12,14H2,1-2H3,(H,25,28)/b8-3-,16-13+,17-9-. The molecule has 0 atom stereocenters. The lowest BCUT2D eigenvalue weighted by molar-refractivity contribution is -0.120. The number of rotatable bonds is 8. The van der Waals surface area contributed by atoms with Crippen LogP contribution >= 0.6 is 0 Å². The molecule has 0 unspecified atom stereocenters. The highest BCUT2D eigenvalue weighted by Crippen LogP contribution is 2.29. The summed E-state index contributed by atoms with van der Waals surface area (Å²) in [5.74, 6) is -0.114.